The van der Waals surface area contributed by atoms with E-state index in [4.69, 9.17) is 28.7 Å². The van der Waals surface area contributed by atoms with Crippen LogP contribution >= 0.6 is 0 Å². The lowest BCUT2D eigenvalue weighted by molar-refractivity contribution is -0.133. The highest BCUT2D eigenvalue weighted by molar-refractivity contribution is 6.24. The van der Waals surface area contributed by atoms with E-state index in [1.807, 2.05) is 0 Å². The molecule has 0 spiro atoms. The van der Waals surface area contributed by atoms with Gasteiger partial charge in [0, 0.05) is 26.1 Å². The van der Waals surface area contributed by atoms with Crippen molar-refractivity contribution >= 4 is 59.6 Å². The van der Waals surface area contributed by atoms with E-state index in [1.165, 1.54) is 64.2 Å². The molecule has 0 aliphatic carbocycles. The fraction of sp³-hybridized carbons (Fsp3) is 0.750. The Hall–Kier alpha value is -5.50. The van der Waals surface area contributed by atoms with Gasteiger partial charge in [0.2, 0.25) is 41.7 Å². The number of nitrogens with one attached hydrogen (secondary N) is 6. The molecule has 0 saturated heterocycles. The number of rotatable bonds is 38. The van der Waals surface area contributed by atoms with Crippen molar-refractivity contribution in [3.63, 3.8) is 0 Å². The van der Waals surface area contributed by atoms with Gasteiger partial charge in [0.1, 0.15) is 18.1 Å². The largest absolute Gasteiger partial charge is 0.370 e. The number of hydrogen-bond acceptors (Lipinski definition) is 10. The summed E-state index contributed by atoms with van der Waals surface area (Å²) in [6, 6.07) is -3.43. The van der Waals surface area contributed by atoms with Crippen LogP contribution in [-0.4, -0.2) is 110 Å². The Balaban J connectivity index is 4.97. The number of aldehydes is 1. The molecule has 348 valence electrons. The molecule has 0 fully saturated rings. The van der Waals surface area contributed by atoms with Gasteiger partial charge in [-0.2, -0.15) is 0 Å². The van der Waals surface area contributed by atoms with Crippen molar-refractivity contribution in [3.8, 4) is 0 Å². The molecule has 7 amide bonds. The highest BCUT2D eigenvalue weighted by Crippen LogP contribution is 2.13. The summed E-state index contributed by atoms with van der Waals surface area (Å²) >= 11 is 0. The smallest absolute Gasteiger partial charge is 0.284 e. The Bertz CT molecular complexity index is 1390. The molecule has 0 aromatic rings. The second-order valence-corrected chi connectivity index (χ2v) is 15.0. The van der Waals surface area contributed by atoms with Crippen molar-refractivity contribution in [2.24, 2.45) is 38.7 Å². The number of hydrogen-bond donors (Lipinski definition) is 11. The van der Waals surface area contributed by atoms with E-state index in [1.54, 1.807) is 0 Å². The van der Waals surface area contributed by atoms with Crippen LogP contribution in [-0.2, 0) is 38.4 Å². The number of carbonyl (C=O) groups is 8. The lowest BCUT2D eigenvalue weighted by atomic mass is 10.0. The van der Waals surface area contributed by atoms with Crippen LogP contribution in [0.3, 0.4) is 0 Å². The summed E-state index contributed by atoms with van der Waals surface area (Å²) in [5.41, 5.74) is 27.1. The van der Waals surface area contributed by atoms with Crippen LogP contribution in [0.5, 0.6) is 0 Å². The number of guanidine groups is 2. The van der Waals surface area contributed by atoms with E-state index in [0.29, 0.717) is 25.8 Å². The zero-order chi connectivity index (χ0) is 45.7. The van der Waals surface area contributed by atoms with Crippen LogP contribution in [0.15, 0.2) is 9.98 Å². The van der Waals surface area contributed by atoms with Gasteiger partial charge in [-0.1, -0.05) is 84.0 Å². The predicted octanol–water partition coefficient (Wildman–Crippen LogP) is -0.768. The third-order valence-electron chi connectivity index (χ3n) is 9.56. The number of carbonyl (C=O) groups excluding carboxylic acids is 8. The molecule has 0 radical (unpaired) electrons. The molecule has 16 N–H and O–H groups in total. The van der Waals surface area contributed by atoms with Crippen LogP contribution < -0.4 is 60.6 Å². The normalized spacial score (nSPS) is 12.1. The first-order chi connectivity index (χ1) is 29.2. The van der Waals surface area contributed by atoms with E-state index >= 15 is 0 Å². The van der Waals surface area contributed by atoms with Gasteiger partial charge < -0.3 is 60.6 Å². The average molecular weight is 866 g/mol. The number of unbranched alkanes of at least 4 members (excludes halogenated alkanes) is 13. The monoisotopic (exact) mass is 866 g/mol. The van der Waals surface area contributed by atoms with E-state index in [0.717, 1.165) is 19.3 Å². The Morgan fingerprint density at radius 3 is 1.43 bits per heavy atom. The second-order valence-electron chi connectivity index (χ2n) is 15.0. The predicted molar refractivity (Wildman–Crippen MR) is 234 cm³/mol. The number of nitrogens with two attached hydrogens (primary N) is 5. The van der Waals surface area contributed by atoms with Gasteiger partial charge in [0.05, 0.1) is 13.1 Å². The molecule has 0 bridgehead atoms. The lowest BCUT2D eigenvalue weighted by Crippen LogP contribution is -2.55. The molecule has 0 heterocycles. The number of primary amides is 1. The first-order valence-corrected chi connectivity index (χ1v) is 21.8. The Kier molecular flexibility index (Phi) is 33.1. The van der Waals surface area contributed by atoms with Gasteiger partial charge in [0.25, 0.3) is 5.91 Å². The molecule has 0 aromatic heterocycles. The Morgan fingerprint density at radius 2 is 0.951 bits per heavy atom. The summed E-state index contributed by atoms with van der Waals surface area (Å²) in [6.07, 6.45) is 18.2. The summed E-state index contributed by atoms with van der Waals surface area (Å²) in [4.78, 5) is 106. The maximum absolute atomic E-state index is 13.4. The first kappa shape index (κ1) is 55.5. The van der Waals surface area contributed by atoms with Crippen molar-refractivity contribution in [1.29, 1.82) is 0 Å². The van der Waals surface area contributed by atoms with E-state index in [9.17, 15) is 38.4 Å². The van der Waals surface area contributed by atoms with Crippen LogP contribution in [0.1, 0.15) is 142 Å². The molecule has 0 rings (SSSR count). The molecule has 21 nitrogen and oxygen atoms in total. The molecular formula is C40H75N13O8. The second kappa shape index (κ2) is 36.4. The SMILES string of the molecule is CCCCCCCCCCCCCCCC(=O)NCCCC[C@H](NC(=O)[C@H](CCCN=C(N)N)NC(=O)CNC(=O)[C@H](CCCN=C(N)N)NC(=O)CNC(=O)C=O)C(N)=O. The molecular weight excluding hydrogens is 791 g/mol. The topological polar surface area (TPSA) is 364 Å². The van der Waals surface area contributed by atoms with Crippen molar-refractivity contribution in [1.82, 2.24) is 31.9 Å². The van der Waals surface area contributed by atoms with Gasteiger partial charge in [-0.05, 0) is 51.4 Å². The van der Waals surface area contributed by atoms with Gasteiger partial charge in [-0.3, -0.25) is 48.3 Å². The van der Waals surface area contributed by atoms with Crippen LogP contribution in [0.25, 0.3) is 0 Å². The zero-order valence-electron chi connectivity index (χ0n) is 36.2. The Morgan fingerprint density at radius 1 is 0.492 bits per heavy atom. The van der Waals surface area contributed by atoms with E-state index in [-0.39, 0.29) is 69.3 Å². The number of amides is 7. The highest BCUT2D eigenvalue weighted by atomic mass is 16.2. The summed E-state index contributed by atoms with van der Waals surface area (Å²) in [6.45, 7) is 1.71. The molecule has 0 aromatic carbocycles. The first-order valence-electron chi connectivity index (χ1n) is 21.8. The molecule has 0 aliphatic heterocycles. The molecule has 61 heavy (non-hydrogen) atoms. The fourth-order valence-electron chi connectivity index (χ4n) is 6.19. The van der Waals surface area contributed by atoms with Gasteiger partial charge in [-0.15, -0.1) is 0 Å². The van der Waals surface area contributed by atoms with Crippen molar-refractivity contribution in [2.45, 2.75) is 160 Å². The molecule has 3 atom stereocenters. The molecule has 21 heteroatoms. The number of nitrogens with zero attached hydrogens (tertiary/aromatic N) is 2. The summed E-state index contributed by atoms with van der Waals surface area (Å²) < 4.78 is 0. The minimum absolute atomic E-state index is 0.0150. The van der Waals surface area contributed by atoms with Crippen LogP contribution in [0.2, 0.25) is 0 Å². The molecule has 0 saturated carbocycles. The minimum Gasteiger partial charge on any atom is -0.370 e. The van der Waals surface area contributed by atoms with Crippen molar-refractivity contribution in [2.75, 3.05) is 32.7 Å². The maximum atomic E-state index is 13.4. The van der Waals surface area contributed by atoms with Crippen LogP contribution in [0.4, 0.5) is 0 Å². The summed E-state index contributed by atoms with van der Waals surface area (Å²) in [5, 5.41) is 14.9. The Labute approximate surface area is 360 Å². The third kappa shape index (κ3) is 33.0. The lowest BCUT2D eigenvalue weighted by Gasteiger charge is -2.22. The van der Waals surface area contributed by atoms with Gasteiger partial charge >= 0.3 is 0 Å². The van der Waals surface area contributed by atoms with E-state index < -0.39 is 66.7 Å². The molecule has 0 unspecified atom stereocenters. The fourth-order valence-corrected chi connectivity index (χ4v) is 6.19. The maximum Gasteiger partial charge on any atom is 0.284 e. The van der Waals surface area contributed by atoms with Crippen molar-refractivity contribution < 1.29 is 38.4 Å². The van der Waals surface area contributed by atoms with Crippen LogP contribution in [0, 0.1) is 0 Å². The van der Waals surface area contributed by atoms with Gasteiger partial charge in [0.15, 0.2) is 11.9 Å². The minimum atomic E-state index is -1.19. The van der Waals surface area contributed by atoms with Gasteiger partial charge in [-0.25, -0.2) is 0 Å². The highest BCUT2D eigenvalue weighted by Gasteiger charge is 2.26. The third-order valence-corrected chi connectivity index (χ3v) is 9.56. The summed E-state index contributed by atoms with van der Waals surface area (Å²) in [5.74, 6) is -5.21. The zero-order valence-corrected chi connectivity index (χ0v) is 36.2. The van der Waals surface area contributed by atoms with E-state index in [2.05, 4.69) is 48.8 Å². The number of aliphatic imine (C=N–C) groups is 2. The van der Waals surface area contributed by atoms with Crippen molar-refractivity contribution in [3.05, 3.63) is 0 Å². The summed E-state index contributed by atoms with van der Waals surface area (Å²) in [7, 11) is 0. The quantitative estimate of drug-likeness (QED) is 0.0120. The molecule has 0 aliphatic rings. The average Bonchev–Trinajstić information content (AvgIpc) is 3.21. The standard InChI is InChI=1S/C40H75N13O8/c1-2-3-4-5-6-7-8-9-10-11-12-13-14-22-32(55)46-23-16-15-19-29(36(41)59)53-38(61)31(21-18-25-48-40(44)45)52-34(57)27-50-37(60)30(20-17-24-47-39(42)43)51-33(56)26-49-35(58)28-54/h28-31H,2-27H2,1H3,(H2,41,59)(H,46,55)(H,49,58)(H,50,60)(H,51,56)(H,52,57)(H,53,61)(H4,42,43,47)(H4,44,45,48)/t29-,30-,31-/m0/s1.